The summed E-state index contributed by atoms with van der Waals surface area (Å²) >= 11 is 11.9. The number of aromatic nitrogens is 3. The molecule has 5 heterocycles. The van der Waals surface area contributed by atoms with Crippen LogP contribution in [0.4, 0.5) is 33.6 Å². The molecule has 0 aromatic carbocycles. The van der Waals surface area contributed by atoms with Crippen molar-refractivity contribution >= 4 is 58.1 Å². The fraction of sp³-hybridized carbons (Fsp3) is 0.385. The zero-order valence-corrected chi connectivity index (χ0v) is 22.6. The average molecular weight is 544 g/mol. The van der Waals surface area contributed by atoms with Crippen molar-refractivity contribution in [2.75, 3.05) is 64.6 Å². The summed E-state index contributed by atoms with van der Waals surface area (Å²) in [5.74, 6) is 2.01. The van der Waals surface area contributed by atoms with Gasteiger partial charge in [0, 0.05) is 45.5 Å². The lowest BCUT2D eigenvalue weighted by Crippen LogP contribution is -2.36. The summed E-state index contributed by atoms with van der Waals surface area (Å²) in [4.78, 5) is 31.6. The number of nitrogens with one attached hydrogen (secondary N) is 2. The molecule has 5 rings (SSSR count). The second-order valence-electron chi connectivity index (χ2n) is 8.57. The highest BCUT2D eigenvalue weighted by Crippen LogP contribution is 2.32. The van der Waals surface area contributed by atoms with E-state index in [2.05, 4.69) is 49.2 Å². The molecule has 0 fully saturated rings. The van der Waals surface area contributed by atoms with Crippen LogP contribution in [-0.4, -0.2) is 60.3 Å². The third kappa shape index (κ3) is 6.72. The molecule has 196 valence electrons. The molecule has 2 aliphatic heterocycles. The van der Waals surface area contributed by atoms with E-state index in [-0.39, 0.29) is 6.03 Å². The maximum Gasteiger partial charge on any atom is 0.328 e. The van der Waals surface area contributed by atoms with E-state index in [4.69, 9.17) is 23.2 Å². The van der Waals surface area contributed by atoms with Gasteiger partial charge >= 0.3 is 6.03 Å². The highest BCUT2D eigenvalue weighted by molar-refractivity contribution is 6.30. The van der Waals surface area contributed by atoms with Gasteiger partial charge in [0.25, 0.3) is 0 Å². The second kappa shape index (κ2) is 12.8. The highest BCUT2D eigenvalue weighted by Gasteiger charge is 2.26. The van der Waals surface area contributed by atoms with Gasteiger partial charge in [-0.1, -0.05) is 29.3 Å². The summed E-state index contributed by atoms with van der Waals surface area (Å²) in [5.41, 5.74) is 2.08. The first-order valence-electron chi connectivity index (χ1n) is 12.6. The van der Waals surface area contributed by atoms with Gasteiger partial charge in [-0.05, 0) is 63.1 Å². The van der Waals surface area contributed by atoms with E-state index < -0.39 is 0 Å². The average Bonchev–Trinajstić information content (AvgIpc) is 3.22. The third-order valence-electron chi connectivity index (χ3n) is 6.21. The fourth-order valence-electron chi connectivity index (χ4n) is 4.39. The normalized spacial score (nSPS) is 14.8. The van der Waals surface area contributed by atoms with Crippen molar-refractivity contribution in [3.8, 4) is 0 Å². The topological polar surface area (TPSA) is 89.5 Å². The lowest BCUT2D eigenvalue weighted by Gasteiger charge is -2.24. The van der Waals surface area contributed by atoms with Crippen LogP contribution in [0.3, 0.4) is 0 Å². The number of amides is 2. The van der Waals surface area contributed by atoms with Gasteiger partial charge < -0.3 is 15.1 Å². The standard InChI is InChI=1S/C16H18ClN5O.C10H14ClN3/c1-2-21-10-5-11-22(15-12(21)7-8-13(17)19-15)16(23)20-14-6-3-4-9-18-14;1-2-14-7-3-6-12-10-8(14)4-5-9(11)13-10/h3-4,6-9H,2,5,10-11H2,1H3,(H,18,20,23);4-5H,2-3,6-7H2,1H3,(H,12,13). The van der Waals surface area contributed by atoms with E-state index in [1.807, 2.05) is 24.3 Å². The van der Waals surface area contributed by atoms with Crippen molar-refractivity contribution in [2.45, 2.75) is 26.7 Å². The minimum Gasteiger partial charge on any atom is -0.369 e. The molecule has 3 aromatic rings. The van der Waals surface area contributed by atoms with Gasteiger partial charge in [0.15, 0.2) is 11.6 Å². The SMILES string of the molecule is CCN1CCCN(C(=O)Nc2ccccn2)c2nc(Cl)ccc21.CCN1CCCNc2nc(Cl)ccc21. The Morgan fingerprint density at radius 2 is 1.62 bits per heavy atom. The highest BCUT2D eigenvalue weighted by atomic mass is 35.5. The van der Waals surface area contributed by atoms with Crippen LogP contribution < -0.4 is 25.3 Å². The third-order valence-corrected chi connectivity index (χ3v) is 6.63. The summed E-state index contributed by atoms with van der Waals surface area (Å²) in [6.45, 7) is 9.61. The number of pyridine rings is 3. The Kier molecular flexibility index (Phi) is 9.24. The van der Waals surface area contributed by atoms with Crippen LogP contribution in [0.25, 0.3) is 0 Å². The van der Waals surface area contributed by atoms with Crippen LogP contribution in [0.1, 0.15) is 26.7 Å². The Hall–Kier alpha value is -3.30. The van der Waals surface area contributed by atoms with Crippen molar-refractivity contribution in [3.05, 3.63) is 59.0 Å². The molecule has 37 heavy (non-hydrogen) atoms. The summed E-state index contributed by atoms with van der Waals surface area (Å²) in [6, 6.07) is 12.7. The molecule has 3 aromatic heterocycles. The van der Waals surface area contributed by atoms with Crippen molar-refractivity contribution < 1.29 is 4.79 Å². The van der Waals surface area contributed by atoms with E-state index >= 15 is 0 Å². The maximum atomic E-state index is 12.7. The van der Waals surface area contributed by atoms with Crippen LogP contribution in [0, 0.1) is 0 Å². The van der Waals surface area contributed by atoms with Crippen LogP contribution >= 0.6 is 23.2 Å². The van der Waals surface area contributed by atoms with Crippen LogP contribution in [0.15, 0.2) is 48.7 Å². The van der Waals surface area contributed by atoms with Gasteiger partial charge in [0.2, 0.25) is 0 Å². The molecular weight excluding hydrogens is 511 g/mol. The number of hydrogen-bond acceptors (Lipinski definition) is 7. The quantitative estimate of drug-likeness (QED) is 0.405. The first-order valence-corrected chi connectivity index (χ1v) is 13.3. The molecule has 0 saturated heterocycles. The largest absolute Gasteiger partial charge is 0.369 e. The smallest absolute Gasteiger partial charge is 0.328 e. The Balaban J connectivity index is 0.000000195. The molecule has 0 spiro atoms. The lowest BCUT2D eigenvalue weighted by molar-refractivity contribution is 0.256. The van der Waals surface area contributed by atoms with E-state index in [1.54, 1.807) is 29.3 Å². The zero-order chi connectivity index (χ0) is 26.2. The molecule has 0 radical (unpaired) electrons. The van der Waals surface area contributed by atoms with Crippen molar-refractivity contribution in [1.29, 1.82) is 0 Å². The van der Waals surface area contributed by atoms with Crippen LogP contribution in [0.5, 0.6) is 0 Å². The predicted octanol–water partition coefficient (Wildman–Crippen LogP) is 5.78. The van der Waals surface area contributed by atoms with Gasteiger partial charge in [0.05, 0.1) is 11.4 Å². The summed E-state index contributed by atoms with van der Waals surface area (Å²) in [6.07, 6.45) is 3.64. The Morgan fingerprint density at radius 3 is 2.35 bits per heavy atom. The number of anilines is 5. The molecule has 0 atom stereocenters. The minimum absolute atomic E-state index is 0.252. The number of halogens is 2. The predicted molar refractivity (Wildman–Crippen MR) is 153 cm³/mol. The monoisotopic (exact) mass is 542 g/mol. The lowest BCUT2D eigenvalue weighted by atomic mass is 10.3. The molecule has 0 bridgehead atoms. The molecule has 2 aliphatic rings. The van der Waals surface area contributed by atoms with E-state index in [0.717, 1.165) is 62.8 Å². The first-order chi connectivity index (χ1) is 18.0. The second-order valence-corrected chi connectivity index (χ2v) is 9.34. The number of carbonyl (C=O) groups is 1. The van der Waals surface area contributed by atoms with Gasteiger partial charge in [-0.25, -0.2) is 19.7 Å². The van der Waals surface area contributed by atoms with E-state index in [0.29, 0.717) is 28.5 Å². The van der Waals surface area contributed by atoms with Gasteiger partial charge in [-0.15, -0.1) is 0 Å². The van der Waals surface area contributed by atoms with Gasteiger partial charge in [0.1, 0.15) is 16.1 Å². The van der Waals surface area contributed by atoms with Crippen LogP contribution in [0.2, 0.25) is 10.3 Å². The van der Waals surface area contributed by atoms with Gasteiger partial charge in [-0.2, -0.15) is 0 Å². The number of rotatable bonds is 3. The van der Waals surface area contributed by atoms with Crippen LogP contribution in [-0.2, 0) is 0 Å². The molecule has 0 saturated carbocycles. The fourth-order valence-corrected chi connectivity index (χ4v) is 4.68. The number of nitrogens with zero attached hydrogens (tertiary/aromatic N) is 6. The molecule has 11 heteroatoms. The number of fused-ring (bicyclic) bond motifs is 2. The minimum atomic E-state index is -0.252. The summed E-state index contributed by atoms with van der Waals surface area (Å²) in [5, 5.41) is 7.02. The van der Waals surface area contributed by atoms with Gasteiger partial charge in [-0.3, -0.25) is 10.2 Å². The van der Waals surface area contributed by atoms with Crippen molar-refractivity contribution in [2.24, 2.45) is 0 Å². The molecule has 9 nitrogen and oxygen atoms in total. The van der Waals surface area contributed by atoms with Crippen molar-refractivity contribution in [1.82, 2.24) is 15.0 Å². The number of hydrogen-bond donors (Lipinski definition) is 2. The Morgan fingerprint density at radius 1 is 0.919 bits per heavy atom. The molecule has 0 aliphatic carbocycles. The molecule has 2 N–H and O–H groups in total. The molecule has 0 unspecified atom stereocenters. The molecule has 2 amide bonds. The summed E-state index contributed by atoms with van der Waals surface area (Å²) in [7, 11) is 0. The maximum absolute atomic E-state index is 12.7. The Labute approximate surface area is 227 Å². The first kappa shape index (κ1) is 26.8. The van der Waals surface area contributed by atoms with E-state index in [9.17, 15) is 4.79 Å². The number of urea groups is 1. The number of carbonyl (C=O) groups excluding carboxylic acids is 1. The summed E-state index contributed by atoms with van der Waals surface area (Å²) < 4.78 is 0. The molecular formula is C26H32Cl2N8O. The van der Waals surface area contributed by atoms with E-state index in [1.165, 1.54) is 0 Å². The van der Waals surface area contributed by atoms with Crippen molar-refractivity contribution in [3.63, 3.8) is 0 Å². The zero-order valence-electron chi connectivity index (χ0n) is 21.1. The Bertz CT molecular complexity index is 1200.